The van der Waals surface area contributed by atoms with E-state index in [4.69, 9.17) is 0 Å². The number of hydrogen-bond donors (Lipinski definition) is 0. The zero-order chi connectivity index (χ0) is 11.6. The maximum absolute atomic E-state index is 2.33. The second-order valence-corrected chi connectivity index (χ2v) is 4.36. The average molecular weight is 216 g/mol. The molecular weight excluding hydrogens is 192 g/mol. The highest BCUT2D eigenvalue weighted by Crippen LogP contribution is 2.13. The van der Waals surface area contributed by atoms with Gasteiger partial charge in [0.05, 0.1) is 0 Å². The topological polar surface area (TPSA) is 0 Å². The van der Waals surface area contributed by atoms with E-state index in [1.165, 1.54) is 49.7 Å². The molecule has 0 bridgehead atoms. The van der Waals surface area contributed by atoms with Gasteiger partial charge in [0.1, 0.15) is 0 Å². The third-order valence-electron chi connectivity index (χ3n) is 2.81. The lowest BCUT2D eigenvalue weighted by atomic mass is 10.0. The predicted octanol–water partition coefficient (Wildman–Crippen LogP) is 5.17. The van der Waals surface area contributed by atoms with E-state index in [0.717, 1.165) is 0 Å². The van der Waals surface area contributed by atoms with Crippen molar-refractivity contribution in [2.24, 2.45) is 0 Å². The van der Waals surface area contributed by atoms with E-state index in [0.29, 0.717) is 0 Å². The third-order valence-corrected chi connectivity index (χ3v) is 2.81. The van der Waals surface area contributed by atoms with Crippen LogP contribution in [0.4, 0.5) is 0 Å². The molecule has 0 aliphatic heterocycles. The molecule has 0 aromatic heterocycles. The summed E-state index contributed by atoms with van der Waals surface area (Å²) in [6, 6.07) is 8.92. The highest BCUT2D eigenvalue weighted by Gasteiger charge is 1.96. The van der Waals surface area contributed by atoms with Crippen molar-refractivity contribution in [3.05, 3.63) is 48.2 Å². The molecule has 0 atom stereocenters. The van der Waals surface area contributed by atoms with Crippen LogP contribution < -0.4 is 0 Å². The lowest BCUT2D eigenvalue weighted by Crippen LogP contribution is -1.85. The van der Waals surface area contributed by atoms with Gasteiger partial charge in [0, 0.05) is 0 Å². The SMILES string of the molecule is CCCC[CH]c1ccc([CH]CCCC)cc1. The van der Waals surface area contributed by atoms with Crippen LogP contribution in [-0.4, -0.2) is 0 Å². The molecule has 2 radical (unpaired) electrons. The summed E-state index contributed by atoms with van der Waals surface area (Å²) in [5, 5.41) is 0. The average Bonchev–Trinajstić information content (AvgIpc) is 2.32. The van der Waals surface area contributed by atoms with Crippen molar-refractivity contribution < 1.29 is 0 Å². The zero-order valence-electron chi connectivity index (χ0n) is 10.7. The number of rotatable bonds is 8. The molecule has 0 spiro atoms. The van der Waals surface area contributed by atoms with Crippen molar-refractivity contribution in [1.82, 2.24) is 0 Å². The van der Waals surface area contributed by atoms with E-state index in [2.05, 4.69) is 51.0 Å². The molecule has 0 unspecified atom stereocenters. The van der Waals surface area contributed by atoms with Crippen LogP contribution in [0.15, 0.2) is 24.3 Å². The molecule has 88 valence electrons. The van der Waals surface area contributed by atoms with Crippen LogP contribution in [0.5, 0.6) is 0 Å². The molecule has 1 aromatic rings. The minimum atomic E-state index is 1.20. The van der Waals surface area contributed by atoms with Crippen molar-refractivity contribution >= 4 is 0 Å². The summed E-state index contributed by atoms with van der Waals surface area (Å²) < 4.78 is 0. The number of benzene rings is 1. The van der Waals surface area contributed by atoms with Gasteiger partial charge >= 0.3 is 0 Å². The first-order chi connectivity index (χ1) is 7.86. The summed E-state index contributed by atoms with van der Waals surface area (Å²) in [6.45, 7) is 4.47. The minimum absolute atomic E-state index is 1.20. The number of hydrogen-bond acceptors (Lipinski definition) is 0. The summed E-state index contributed by atoms with van der Waals surface area (Å²) in [5.74, 6) is 0. The van der Waals surface area contributed by atoms with Gasteiger partial charge in [0.2, 0.25) is 0 Å². The van der Waals surface area contributed by atoms with Gasteiger partial charge in [0.15, 0.2) is 0 Å². The second kappa shape index (κ2) is 8.38. The van der Waals surface area contributed by atoms with Gasteiger partial charge < -0.3 is 0 Å². The molecule has 0 saturated carbocycles. The summed E-state index contributed by atoms with van der Waals surface area (Å²) in [6.07, 6.45) is 12.2. The molecule has 1 aromatic carbocycles. The quantitative estimate of drug-likeness (QED) is 0.526. The Labute approximate surface area is 101 Å². The molecule has 0 heteroatoms. The summed E-state index contributed by atoms with van der Waals surface area (Å²) in [4.78, 5) is 0. The van der Waals surface area contributed by atoms with E-state index in [9.17, 15) is 0 Å². The minimum Gasteiger partial charge on any atom is -0.0654 e. The third kappa shape index (κ3) is 5.34. The largest absolute Gasteiger partial charge is 0.0654 e. The Bertz CT molecular complexity index is 229. The van der Waals surface area contributed by atoms with Crippen molar-refractivity contribution in [2.75, 3.05) is 0 Å². The van der Waals surface area contributed by atoms with Crippen LogP contribution in [-0.2, 0) is 0 Å². The Kier molecular flexibility index (Phi) is 6.96. The Morgan fingerprint density at radius 2 is 1.12 bits per heavy atom. The van der Waals surface area contributed by atoms with Crippen molar-refractivity contribution in [3.63, 3.8) is 0 Å². The first-order valence-corrected chi connectivity index (χ1v) is 6.63. The molecule has 0 nitrogen and oxygen atoms in total. The van der Waals surface area contributed by atoms with E-state index in [1.807, 2.05) is 0 Å². The van der Waals surface area contributed by atoms with Crippen LogP contribution >= 0.6 is 0 Å². The summed E-state index contributed by atoms with van der Waals surface area (Å²) >= 11 is 0. The summed E-state index contributed by atoms with van der Waals surface area (Å²) in [7, 11) is 0. The van der Waals surface area contributed by atoms with E-state index < -0.39 is 0 Å². The monoisotopic (exact) mass is 216 g/mol. The van der Waals surface area contributed by atoms with Gasteiger partial charge in [-0.25, -0.2) is 0 Å². The van der Waals surface area contributed by atoms with Crippen LogP contribution in [0.2, 0.25) is 0 Å². The molecule has 1 rings (SSSR count). The van der Waals surface area contributed by atoms with Crippen LogP contribution in [0, 0.1) is 12.8 Å². The Morgan fingerprint density at radius 3 is 1.44 bits per heavy atom. The predicted molar refractivity (Wildman–Crippen MR) is 72.3 cm³/mol. The van der Waals surface area contributed by atoms with Crippen LogP contribution in [0.1, 0.15) is 63.5 Å². The maximum Gasteiger partial charge on any atom is -0.00931 e. The van der Waals surface area contributed by atoms with Gasteiger partial charge in [-0.2, -0.15) is 0 Å². The highest BCUT2D eigenvalue weighted by molar-refractivity contribution is 5.31. The molecular formula is C16H24. The molecule has 0 aliphatic rings. The van der Waals surface area contributed by atoms with Gasteiger partial charge in [-0.05, 0) is 36.8 Å². The lowest BCUT2D eigenvalue weighted by molar-refractivity contribution is 0.788. The fraction of sp³-hybridized carbons (Fsp3) is 0.500. The van der Waals surface area contributed by atoms with Gasteiger partial charge in [-0.3, -0.25) is 0 Å². The molecule has 0 heterocycles. The molecule has 0 fully saturated rings. The molecule has 0 aliphatic carbocycles. The first kappa shape index (κ1) is 13.3. The molecule has 0 saturated heterocycles. The maximum atomic E-state index is 2.33. The normalized spacial score (nSPS) is 10.6. The van der Waals surface area contributed by atoms with Crippen molar-refractivity contribution in [1.29, 1.82) is 0 Å². The van der Waals surface area contributed by atoms with Gasteiger partial charge in [-0.1, -0.05) is 63.8 Å². The molecule has 0 N–H and O–H groups in total. The Balaban J connectivity index is 2.30. The first-order valence-electron chi connectivity index (χ1n) is 6.63. The standard InChI is InChI=1S/C16H24/c1-3-5-7-9-15-11-13-16(14-12-15)10-8-6-4-2/h9-14H,3-8H2,1-2H3. The Hall–Kier alpha value is -0.780. The number of unbranched alkanes of at least 4 members (excludes halogenated alkanes) is 4. The highest BCUT2D eigenvalue weighted by atomic mass is 14.0. The van der Waals surface area contributed by atoms with E-state index >= 15 is 0 Å². The molecule has 16 heavy (non-hydrogen) atoms. The zero-order valence-corrected chi connectivity index (χ0v) is 10.7. The van der Waals surface area contributed by atoms with Crippen LogP contribution in [0.25, 0.3) is 0 Å². The van der Waals surface area contributed by atoms with Crippen molar-refractivity contribution in [3.8, 4) is 0 Å². The fourth-order valence-corrected chi connectivity index (χ4v) is 1.71. The van der Waals surface area contributed by atoms with Gasteiger partial charge in [0.25, 0.3) is 0 Å². The smallest absolute Gasteiger partial charge is 0.00931 e. The summed E-state index contributed by atoms with van der Waals surface area (Å²) in [5.41, 5.74) is 2.72. The Morgan fingerprint density at radius 1 is 0.750 bits per heavy atom. The van der Waals surface area contributed by atoms with Gasteiger partial charge in [-0.15, -0.1) is 0 Å². The van der Waals surface area contributed by atoms with Crippen LogP contribution in [0.3, 0.4) is 0 Å². The fourth-order valence-electron chi connectivity index (χ4n) is 1.71. The van der Waals surface area contributed by atoms with Crippen molar-refractivity contribution in [2.45, 2.75) is 52.4 Å². The van der Waals surface area contributed by atoms with E-state index in [-0.39, 0.29) is 0 Å². The lowest BCUT2D eigenvalue weighted by Gasteiger charge is -2.03. The van der Waals surface area contributed by atoms with E-state index in [1.54, 1.807) is 0 Å². The second-order valence-electron chi connectivity index (χ2n) is 4.36. The molecule has 0 amide bonds.